The SMILES string of the molecule is ClC(Cl)(Cl)Cl.ClCCl.O. The molecule has 0 aliphatic rings. The number of halogens is 6. The molecule has 0 atom stereocenters. The van der Waals surface area contributed by atoms with Crippen molar-refractivity contribution in [2.24, 2.45) is 0 Å². The summed E-state index contributed by atoms with van der Waals surface area (Å²) in [6, 6.07) is 0. The van der Waals surface area contributed by atoms with Gasteiger partial charge in [-0.25, -0.2) is 0 Å². The lowest BCUT2D eigenvalue weighted by Gasteiger charge is -1.91. The lowest BCUT2D eigenvalue weighted by atomic mass is 11.8. The van der Waals surface area contributed by atoms with E-state index in [0.717, 1.165) is 0 Å². The van der Waals surface area contributed by atoms with E-state index in [2.05, 4.69) is 0 Å². The molecule has 0 aliphatic carbocycles. The zero-order valence-corrected chi connectivity index (χ0v) is 8.51. The first-order valence-electron chi connectivity index (χ1n) is 1.29. The number of rotatable bonds is 0. The summed E-state index contributed by atoms with van der Waals surface area (Å²) in [5.41, 5.74) is 0. The van der Waals surface area contributed by atoms with Crippen LogP contribution in [0.1, 0.15) is 0 Å². The molecule has 0 fully saturated rings. The summed E-state index contributed by atoms with van der Waals surface area (Å²) in [6.07, 6.45) is 0. The first-order valence-corrected chi connectivity index (χ1v) is 3.87. The van der Waals surface area contributed by atoms with Crippen molar-refractivity contribution >= 4 is 69.6 Å². The molecule has 0 unspecified atom stereocenters. The Balaban J connectivity index is -0.0000000800. The summed E-state index contributed by atoms with van der Waals surface area (Å²) in [4.78, 5) is 0. The minimum absolute atomic E-state index is 0. The van der Waals surface area contributed by atoms with Gasteiger partial charge in [0.2, 0.25) is 0 Å². The summed E-state index contributed by atoms with van der Waals surface area (Å²) >= 11 is 28.8. The Morgan fingerprint density at radius 2 is 0.889 bits per heavy atom. The van der Waals surface area contributed by atoms with Gasteiger partial charge in [-0.1, -0.05) is 46.4 Å². The van der Waals surface area contributed by atoms with E-state index in [4.69, 9.17) is 69.6 Å². The van der Waals surface area contributed by atoms with Crippen LogP contribution >= 0.6 is 69.6 Å². The highest BCUT2D eigenvalue weighted by atomic mass is 35.6. The molecule has 0 aromatic rings. The first-order chi connectivity index (χ1) is 3.41. The fourth-order valence-electron chi connectivity index (χ4n) is 0. The second-order valence-electron chi connectivity index (χ2n) is 0.530. The number of alkyl halides is 6. The minimum Gasteiger partial charge on any atom is -0.412 e. The third-order valence-corrected chi connectivity index (χ3v) is 0. The zero-order chi connectivity index (χ0) is 7.21. The third-order valence-electron chi connectivity index (χ3n) is 0. The molecule has 2 N–H and O–H groups in total. The molecule has 0 radical (unpaired) electrons. The summed E-state index contributed by atoms with van der Waals surface area (Å²) in [5, 5.41) is 0.194. The first kappa shape index (κ1) is 17.0. The molecular weight excluding hydrogens is 253 g/mol. The summed E-state index contributed by atoms with van der Waals surface area (Å²) in [6.45, 7) is 0. The molecular formula is C2H4Cl6O. The van der Waals surface area contributed by atoms with E-state index < -0.39 is 3.25 Å². The minimum atomic E-state index is -1.61. The Morgan fingerprint density at radius 3 is 0.889 bits per heavy atom. The topological polar surface area (TPSA) is 31.5 Å². The summed E-state index contributed by atoms with van der Waals surface area (Å²) in [5.74, 6) is 0. The Labute approximate surface area is 83.4 Å². The van der Waals surface area contributed by atoms with Gasteiger partial charge in [0.05, 0.1) is 5.34 Å². The van der Waals surface area contributed by atoms with Crippen molar-refractivity contribution in [1.82, 2.24) is 0 Å². The smallest absolute Gasteiger partial charge is 0.266 e. The van der Waals surface area contributed by atoms with Gasteiger partial charge in [0.1, 0.15) is 0 Å². The molecule has 0 bridgehead atoms. The number of hydrogen-bond donors (Lipinski definition) is 0. The molecule has 60 valence electrons. The van der Waals surface area contributed by atoms with Crippen LogP contribution in [0.2, 0.25) is 0 Å². The van der Waals surface area contributed by atoms with E-state index in [9.17, 15) is 0 Å². The molecule has 0 spiro atoms. The molecule has 0 heterocycles. The predicted molar refractivity (Wildman–Crippen MR) is 46.3 cm³/mol. The van der Waals surface area contributed by atoms with E-state index in [1.54, 1.807) is 0 Å². The van der Waals surface area contributed by atoms with Crippen molar-refractivity contribution in [1.29, 1.82) is 0 Å². The predicted octanol–water partition coefficient (Wildman–Crippen LogP) is 3.15. The quantitative estimate of drug-likeness (QED) is 0.597. The highest BCUT2D eigenvalue weighted by molar-refractivity contribution is 6.83. The second kappa shape index (κ2) is 9.70. The number of hydrogen-bond acceptors (Lipinski definition) is 0. The Morgan fingerprint density at radius 1 is 0.889 bits per heavy atom. The maximum absolute atomic E-state index is 4.83. The average molecular weight is 257 g/mol. The lowest BCUT2D eigenvalue weighted by Crippen LogP contribution is -1.81. The molecule has 0 saturated heterocycles. The molecule has 9 heavy (non-hydrogen) atoms. The van der Waals surface area contributed by atoms with Crippen LogP contribution in [0.15, 0.2) is 0 Å². The summed E-state index contributed by atoms with van der Waals surface area (Å²) < 4.78 is -1.61. The summed E-state index contributed by atoms with van der Waals surface area (Å²) in [7, 11) is 0. The van der Waals surface area contributed by atoms with Crippen LogP contribution in [-0.2, 0) is 0 Å². The van der Waals surface area contributed by atoms with E-state index in [1.165, 1.54) is 0 Å². The largest absolute Gasteiger partial charge is 0.412 e. The highest BCUT2D eigenvalue weighted by Crippen LogP contribution is 2.29. The van der Waals surface area contributed by atoms with Crippen molar-refractivity contribution in [3.05, 3.63) is 0 Å². The monoisotopic (exact) mass is 254 g/mol. The van der Waals surface area contributed by atoms with Crippen LogP contribution in [0.3, 0.4) is 0 Å². The van der Waals surface area contributed by atoms with Gasteiger partial charge in [0, 0.05) is 0 Å². The van der Waals surface area contributed by atoms with Crippen LogP contribution in [0.4, 0.5) is 0 Å². The zero-order valence-electron chi connectivity index (χ0n) is 3.97. The van der Waals surface area contributed by atoms with Gasteiger partial charge in [-0.2, -0.15) is 0 Å². The van der Waals surface area contributed by atoms with Crippen LogP contribution in [0, 0.1) is 0 Å². The lowest BCUT2D eigenvalue weighted by molar-refractivity contribution is 0.824. The van der Waals surface area contributed by atoms with Crippen molar-refractivity contribution in [2.45, 2.75) is 3.25 Å². The van der Waals surface area contributed by atoms with Gasteiger partial charge in [0.15, 0.2) is 0 Å². The van der Waals surface area contributed by atoms with Crippen LogP contribution in [0.5, 0.6) is 0 Å². The molecule has 7 heteroatoms. The molecule has 0 aromatic carbocycles. The fraction of sp³-hybridized carbons (Fsp3) is 1.00. The second-order valence-corrected chi connectivity index (χ2v) is 4.77. The molecule has 0 aromatic heterocycles. The van der Waals surface area contributed by atoms with Gasteiger partial charge < -0.3 is 5.48 Å². The standard InChI is InChI=1S/CCl4.CH2Cl2.H2O/c2-1(3,4)5;2-1-3;/h;1H2;1H2. The van der Waals surface area contributed by atoms with Gasteiger partial charge in [-0.05, 0) is 0 Å². The van der Waals surface area contributed by atoms with Crippen LogP contribution < -0.4 is 0 Å². The average Bonchev–Trinajstić information content (AvgIpc) is 1.27. The van der Waals surface area contributed by atoms with Crippen molar-refractivity contribution in [2.75, 3.05) is 5.34 Å². The van der Waals surface area contributed by atoms with E-state index in [1.807, 2.05) is 0 Å². The fourth-order valence-corrected chi connectivity index (χ4v) is 0. The molecule has 0 amide bonds. The molecule has 0 rings (SSSR count). The van der Waals surface area contributed by atoms with Gasteiger partial charge in [-0.3, -0.25) is 0 Å². The molecule has 0 saturated carbocycles. The van der Waals surface area contributed by atoms with Gasteiger partial charge in [0.25, 0.3) is 3.25 Å². The Bertz CT molecular complexity index is 34.8. The Kier molecular flexibility index (Phi) is 18.3. The van der Waals surface area contributed by atoms with E-state index >= 15 is 0 Å². The van der Waals surface area contributed by atoms with Crippen molar-refractivity contribution < 1.29 is 5.48 Å². The van der Waals surface area contributed by atoms with Crippen LogP contribution in [-0.4, -0.2) is 14.1 Å². The normalized spacial score (nSPS) is 8.67. The maximum Gasteiger partial charge on any atom is 0.266 e. The van der Waals surface area contributed by atoms with Crippen molar-refractivity contribution in [3.8, 4) is 0 Å². The van der Waals surface area contributed by atoms with Gasteiger partial charge in [-0.15, -0.1) is 23.2 Å². The highest BCUT2D eigenvalue weighted by Gasteiger charge is 2.11. The van der Waals surface area contributed by atoms with Crippen LogP contribution in [0.25, 0.3) is 0 Å². The van der Waals surface area contributed by atoms with Crippen molar-refractivity contribution in [3.63, 3.8) is 0 Å². The third kappa shape index (κ3) is 199. The van der Waals surface area contributed by atoms with Gasteiger partial charge >= 0.3 is 0 Å². The maximum atomic E-state index is 4.83. The molecule has 0 aliphatic heterocycles. The molecule has 1 nitrogen and oxygen atoms in total. The van der Waals surface area contributed by atoms with E-state index in [-0.39, 0.29) is 10.8 Å². The Hall–Kier alpha value is 1.70. The van der Waals surface area contributed by atoms with E-state index in [0.29, 0.717) is 0 Å².